The lowest BCUT2D eigenvalue weighted by atomic mass is 10.0. The van der Waals surface area contributed by atoms with E-state index in [0.29, 0.717) is 27.5 Å². The number of pyridine rings is 1. The van der Waals surface area contributed by atoms with Crippen LogP contribution in [0.1, 0.15) is 5.69 Å². The van der Waals surface area contributed by atoms with Crippen molar-refractivity contribution in [3.8, 4) is 28.5 Å². The maximum absolute atomic E-state index is 12.5. The summed E-state index contributed by atoms with van der Waals surface area (Å²) >= 11 is 5.97. The van der Waals surface area contributed by atoms with Crippen LogP contribution < -0.4 is 10.4 Å². The fourth-order valence-electron chi connectivity index (χ4n) is 2.88. The number of alkyl halides is 3. The van der Waals surface area contributed by atoms with Crippen molar-refractivity contribution in [3.63, 3.8) is 0 Å². The Kier molecular flexibility index (Phi) is 4.94. The third-order valence-electron chi connectivity index (χ3n) is 4.11. The minimum atomic E-state index is -4.58. The fraction of sp³-hybridized carbons (Fsp3) is 0.158. The van der Waals surface area contributed by atoms with Crippen LogP contribution in [0.3, 0.4) is 0 Å². The molecule has 0 radical (unpaired) electrons. The molecule has 0 spiro atoms. The topological polar surface area (TPSA) is 85.2 Å². The number of aromatic nitrogens is 5. The summed E-state index contributed by atoms with van der Waals surface area (Å²) in [6.07, 6.45) is -4.58. The van der Waals surface area contributed by atoms with Gasteiger partial charge in [0.25, 0.3) is 6.01 Å². The number of ether oxygens (including phenoxy) is 1. The van der Waals surface area contributed by atoms with Gasteiger partial charge in [0.05, 0.1) is 11.3 Å². The molecule has 4 rings (SSSR count). The van der Waals surface area contributed by atoms with Crippen molar-refractivity contribution >= 4 is 17.2 Å². The van der Waals surface area contributed by atoms with Gasteiger partial charge in [0.1, 0.15) is 5.69 Å². The average Bonchev–Trinajstić information content (AvgIpc) is 3.07. The van der Waals surface area contributed by atoms with E-state index < -0.39 is 24.5 Å². The van der Waals surface area contributed by atoms with Crippen LogP contribution in [0.15, 0.2) is 47.3 Å². The Bertz CT molecular complexity index is 1280. The first-order valence-corrected chi connectivity index (χ1v) is 9.02. The van der Waals surface area contributed by atoms with Crippen LogP contribution >= 0.6 is 11.6 Å². The van der Waals surface area contributed by atoms with Gasteiger partial charge in [-0.05, 0) is 36.8 Å². The lowest BCUT2D eigenvalue weighted by Gasteiger charge is -2.08. The number of aryl methyl sites for hydroxylation is 1. The number of rotatable bonds is 4. The number of nitrogens with one attached hydrogen (secondary N) is 1. The molecule has 3 aromatic heterocycles. The monoisotopic (exact) mass is 435 g/mol. The zero-order chi connectivity index (χ0) is 21.5. The van der Waals surface area contributed by atoms with E-state index in [-0.39, 0.29) is 5.65 Å². The van der Waals surface area contributed by atoms with Gasteiger partial charge in [0.15, 0.2) is 12.3 Å². The van der Waals surface area contributed by atoms with Gasteiger partial charge in [-0.2, -0.15) is 27.8 Å². The molecule has 0 aliphatic carbocycles. The second-order valence-electron chi connectivity index (χ2n) is 6.38. The molecule has 4 aromatic rings. The smallest absolute Gasteiger partial charge is 0.422 e. The Balaban J connectivity index is 1.96. The van der Waals surface area contributed by atoms with Crippen molar-refractivity contribution in [2.24, 2.45) is 0 Å². The van der Waals surface area contributed by atoms with E-state index in [4.69, 9.17) is 11.6 Å². The van der Waals surface area contributed by atoms with E-state index >= 15 is 0 Å². The highest BCUT2D eigenvalue weighted by Crippen LogP contribution is 2.34. The van der Waals surface area contributed by atoms with E-state index in [2.05, 4.69) is 24.8 Å². The zero-order valence-electron chi connectivity index (χ0n) is 15.4. The third kappa shape index (κ3) is 3.99. The van der Waals surface area contributed by atoms with Gasteiger partial charge in [-0.3, -0.25) is 9.97 Å². The second kappa shape index (κ2) is 7.45. The SMILES string of the molecule is Cc1cccc(-c2nn3c(=O)[nH]c(OCC(F)(F)F)nc3c2-c2ccc(Cl)cc2)n1. The number of nitrogens with zero attached hydrogens (tertiary/aromatic N) is 4. The predicted octanol–water partition coefficient (Wildman–Crippen LogP) is 4.05. The first-order valence-electron chi connectivity index (χ1n) is 8.64. The Labute approximate surface area is 172 Å². The summed E-state index contributed by atoms with van der Waals surface area (Å²) in [5, 5.41) is 4.80. The summed E-state index contributed by atoms with van der Waals surface area (Å²) < 4.78 is 43.1. The summed E-state index contributed by atoms with van der Waals surface area (Å²) in [5.41, 5.74) is 1.78. The summed E-state index contributed by atoms with van der Waals surface area (Å²) in [7, 11) is 0. The van der Waals surface area contributed by atoms with Gasteiger partial charge in [-0.15, -0.1) is 0 Å². The molecule has 0 atom stereocenters. The number of fused-ring (bicyclic) bond motifs is 1. The number of halogens is 4. The van der Waals surface area contributed by atoms with Crippen molar-refractivity contribution < 1.29 is 17.9 Å². The number of aromatic amines is 1. The van der Waals surface area contributed by atoms with Crippen LogP contribution in [0.25, 0.3) is 28.2 Å². The van der Waals surface area contributed by atoms with Crippen molar-refractivity contribution in [3.05, 3.63) is 63.7 Å². The minimum absolute atomic E-state index is 0.0246. The summed E-state index contributed by atoms with van der Waals surface area (Å²) in [6.45, 7) is 0.207. The Morgan fingerprint density at radius 2 is 1.87 bits per heavy atom. The maximum Gasteiger partial charge on any atom is 0.422 e. The van der Waals surface area contributed by atoms with E-state index in [0.717, 1.165) is 10.2 Å². The summed E-state index contributed by atoms with van der Waals surface area (Å²) in [4.78, 5) is 23.1. The molecule has 0 amide bonds. The van der Waals surface area contributed by atoms with Crippen LogP contribution in [0.4, 0.5) is 13.2 Å². The molecule has 1 N–H and O–H groups in total. The zero-order valence-corrected chi connectivity index (χ0v) is 16.1. The van der Waals surface area contributed by atoms with Gasteiger partial charge in [0, 0.05) is 10.7 Å². The molecule has 0 unspecified atom stereocenters. The molecule has 0 saturated carbocycles. The van der Waals surface area contributed by atoms with E-state index in [9.17, 15) is 18.0 Å². The van der Waals surface area contributed by atoms with Crippen molar-refractivity contribution in [2.45, 2.75) is 13.1 Å². The van der Waals surface area contributed by atoms with Crippen molar-refractivity contribution in [1.29, 1.82) is 0 Å². The molecular formula is C19H13ClF3N5O2. The molecule has 0 aliphatic heterocycles. The lowest BCUT2D eigenvalue weighted by Crippen LogP contribution is -2.24. The number of hydrogen-bond donors (Lipinski definition) is 1. The van der Waals surface area contributed by atoms with Gasteiger partial charge < -0.3 is 4.74 Å². The Morgan fingerprint density at radius 1 is 1.13 bits per heavy atom. The molecule has 0 saturated heterocycles. The highest BCUT2D eigenvalue weighted by Gasteiger charge is 2.29. The summed E-state index contributed by atoms with van der Waals surface area (Å²) in [6, 6.07) is 11.4. The quantitative estimate of drug-likeness (QED) is 0.522. The largest absolute Gasteiger partial charge is 0.455 e. The van der Waals surface area contributed by atoms with Gasteiger partial charge in [-0.1, -0.05) is 29.8 Å². The minimum Gasteiger partial charge on any atom is -0.455 e. The van der Waals surface area contributed by atoms with Crippen LogP contribution in [0.2, 0.25) is 5.02 Å². The number of benzene rings is 1. The second-order valence-corrected chi connectivity index (χ2v) is 6.82. The van der Waals surface area contributed by atoms with E-state index in [1.807, 2.05) is 0 Å². The van der Waals surface area contributed by atoms with Crippen molar-refractivity contribution in [1.82, 2.24) is 24.6 Å². The van der Waals surface area contributed by atoms with Crippen LogP contribution in [0, 0.1) is 6.92 Å². The van der Waals surface area contributed by atoms with E-state index in [1.165, 1.54) is 0 Å². The first-order chi connectivity index (χ1) is 14.2. The molecule has 1 aromatic carbocycles. The molecule has 154 valence electrons. The predicted molar refractivity (Wildman–Crippen MR) is 104 cm³/mol. The molecule has 0 aliphatic rings. The Morgan fingerprint density at radius 3 is 2.53 bits per heavy atom. The number of hydrogen-bond acceptors (Lipinski definition) is 5. The average molecular weight is 436 g/mol. The van der Waals surface area contributed by atoms with Crippen LogP contribution in [0.5, 0.6) is 6.01 Å². The molecule has 11 heteroatoms. The summed E-state index contributed by atoms with van der Waals surface area (Å²) in [5.74, 6) is 0. The molecule has 7 nitrogen and oxygen atoms in total. The normalized spacial score (nSPS) is 11.8. The van der Waals surface area contributed by atoms with Gasteiger partial charge in [0.2, 0.25) is 0 Å². The molecule has 0 bridgehead atoms. The first kappa shape index (κ1) is 19.9. The van der Waals surface area contributed by atoms with Crippen molar-refractivity contribution in [2.75, 3.05) is 6.61 Å². The van der Waals surface area contributed by atoms with Crippen LogP contribution in [-0.4, -0.2) is 37.3 Å². The lowest BCUT2D eigenvalue weighted by molar-refractivity contribution is -0.154. The van der Waals surface area contributed by atoms with Gasteiger partial charge >= 0.3 is 11.9 Å². The third-order valence-corrected chi connectivity index (χ3v) is 4.36. The molecular weight excluding hydrogens is 423 g/mol. The molecule has 30 heavy (non-hydrogen) atoms. The van der Waals surface area contributed by atoms with E-state index in [1.54, 1.807) is 49.4 Å². The number of H-pyrrole nitrogens is 1. The maximum atomic E-state index is 12.5. The Hall–Kier alpha value is -3.40. The van der Waals surface area contributed by atoms with Crippen LogP contribution in [-0.2, 0) is 0 Å². The highest BCUT2D eigenvalue weighted by molar-refractivity contribution is 6.30. The standard InChI is InChI=1S/C19H13ClF3N5O2/c1-10-3-2-4-13(24-10)15-14(11-5-7-12(20)8-6-11)16-25-17(30-9-19(21,22)23)26-18(29)28(16)27-15/h2-8H,9H2,1H3,(H,25,26,29). The highest BCUT2D eigenvalue weighted by atomic mass is 35.5. The fourth-order valence-corrected chi connectivity index (χ4v) is 3.00. The molecule has 0 fully saturated rings. The van der Waals surface area contributed by atoms with Gasteiger partial charge in [-0.25, -0.2) is 4.79 Å². The molecule has 3 heterocycles.